The SMILES string of the molecule is C[C@H]1CCCCNC(=O)c2cccc(c2)C(=O)Nc2nc3cccc(C4CCCNC4=O)c3n21. The average molecular weight is 460 g/mol. The topological polar surface area (TPSA) is 105 Å². The molecule has 2 aliphatic rings. The Morgan fingerprint density at radius 1 is 0.882 bits per heavy atom. The number of nitrogens with one attached hydrogen (secondary N) is 3. The van der Waals surface area contributed by atoms with Gasteiger partial charge < -0.3 is 15.2 Å². The van der Waals surface area contributed by atoms with Crippen molar-refractivity contribution in [2.45, 2.75) is 51.0 Å². The van der Waals surface area contributed by atoms with Crippen LogP contribution in [-0.4, -0.2) is 40.4 Å². The summed E-state index contributed by atoms with van der Waals surface area (Å²) < 4.78 is 2.08. The van der Waals surface area contributed by atoms with Crippen molar-refractivity contribution in [3.63, 3.8) is 0 Å². The first-order chi connectivity index (χ1) is 16.5. The van der Waals surface area contributed by atoms with E-state index in [2.05, 4.69) is 27.4 Å². The summed E-state index contributed by atoms with van der Waals surface area (Å²) in [6.07, 6.45) is 4.32. The van der Waals surface area contributed by atoms with E-state index < -0.39 is 0 Å². The Bertz CT molecular complexity index is 1260. The monoisotopic (exact) mass is 459 g/mol. The van der Waals surface area contributed by atoms with Gasteiger partial charge in [-0.05, 0) is 68.9 Å². The molecule has 1 fully saturated rings. The highest BCUT2D eigenvalue weighted by Crippen LogP contribution is 2.35. The van der Waals surface area contributed by atoms with Crippen molar-refractivity contribution >= 4 is 34.7 Å². The van der Waals surface area contributed by atoms with E-state index in [0.29, 0.717) is 30.2 Å². The zero-order chi connectivity index (χ0) is 23.7. The average Bonchev–Trinajstić information content (AvgIpc) is 3.21. The highest BCUT2D eigenvalue weighted by atomic mass is 16.2. The van der Waals surface area contributed by atoms with Gasteiger partial charge in [-0.2, -0.15) is 0 Å². The predicted octanol–water partition coefficient (Wildman–Crippen LogP) is 3.76. The number of rotatable bonds is 1. The Morgan fingerprint density at radius 3 is 2.47 bits per heavy atom. The molecule has 3 aromatic rings. The van der Waals surface area contributed by atoms with Crippen molar-refractivity contribution in [1.82, 2.24) is 20.2 Å². The molecule has 3 heterocycles. The predicted molar refractivity (Wildman–Crippen MR) is 130 cm³/mol. The fraction of sp³-hybridized carbons (Fsp3) is 0.385. The van der Waals surface area contributed by atoms with Crippen LogP contribution in [0.2, 0.25) is 0 Å². The maximum atomic E-state index is 13.2. The number of imidazole rings is 1. The molecule has 3 N–H and O–H groups in total. The molecule has 1 saturated heterocycles. The van der Waals surface area contributed by atoms with Gasteiger partial charge in [-0.3, -0.25) is 19.7 Å². The quantitative estimate of drug-likeness (QED) is 0.515. The first-order valence-corrected chi connectivity index (χ1v) is 12.0. The molecule has 0 aliphatic carbocycles. The van der Waals surface area contributed by atoms with Gasteiger partial charge in [0.05, 0.1) is 17.0 Å². The zero-order valence-electron chi connectivity index (χ0n) is 19.3. The first-order valence-electron chi connectivity index (χ1n) is 12.0. The number of nitrogens with zero attached hydrogens (tertiary/aromatic N) is 2. The number of aromatic nitrogens is 2. The number of amides is 3. The maximum Gasteiger partial charge on any atom is 0.257 e. The molecule has 0 spiro atoms. The number of benzene rings is 2. The molecule has 34 heavy (non-hydrogen) atoms. The maximum absolute atomic E-state index is 13.2. The highest BCUT2D eigenvalue weighted by molar-refractivity contribution is 6.06. The van der Waals surface area contributed by atoms with Gasteiger partial charge in [0.25, 0.3) is 11.8 Å². The summed E-state index contributed by atoms with van der Waals surface area (Å²) in [7, 11) is 0. The summed E-state index contributed by atoms with van der Waals surface area (Å²) in [5, 5.41) is 8.91. The lowest BCUT2D eigenvalue weighted by Gasteiger charge is -2.25. The van der Waals surface area contributed by atoms with Gasteiger partial charge >= 0.3 is 0 Å². The fourth-order valence-corrected chi connectivity index (χ4v) is 5.02. The van der Waals surface area contributed by atoms with Crippen LogP contribution in [0.15, 0.2) is 42.5 Å². The van der Waals surface area contributed by atoms with Crippen molar-refractivity contribution in [3.05, 3.63) is 59.2 Å². The van der Waals surface area contributed by atoms with E-state index >= 15 is 0 Å². The third kappa shape index (κ3) is 4.16. The van der Waals surface area contributed by atoms with E-state index in [1.54, 1.807) is 24.3 Å². The number of carbonyl (C=O) groups excluding carboxylic acids is 3. The van der Waals surface area contributed by atoms with Crippen molar-refractivity contribution in [3.8, 4) is 0 Å². The van der Waals surface area contributed by atoms with Crippen LogP contribution in [0, 0.1) is 0 Å². The van der Waals surface area contributed by atoms with E-state index in [4.69, 9.17) is 4.98 Å². The molecule has 3 amide bonds. The van der Waals surface area contributed by atoms with Gasteiger partial charge in [0, 0.05) is 30.3 Å². The van der Waals surface area contributed by atoms with Gasteiger partial charge in [-0.15, -0.1) is 0 Å². The zero-order valence-corrected chi connectivity index (χ0v) is 19.3. The van der Waals surface area contributed by atoms with Crippen molar-refractivity contribution in [2.75, 3.05) is 18.4 Å². The molecule has 2 atom stereocenters. The molecule has 2 bridgehead atoms. The minimum atomic E-state index is -0.326. The minimum Gasteiger partial charge on any atom is -0.356 e. The largest absolute Gasteiger partial charge is 0.356 e. The van der Waals surface area contributed by atoms with E-state index in [9.17, 15) is 14.4 Å². The summed E-state index contributed by atoms with van der Waals surface area (Å²) in [4.78, 5) is 43.1. The second-order valence-electron chi connectivity index (χ2n) is 9.14. The lowest BCUT2D eigenvalue weighted by Crippen LogP contribution is -2.35. The summed E-state index contributed by atoms with van der Waals surface area (Å²) >= 11 is 0. The number of hydrogen-bond donors (Lipinski definition) is 3. The smallest absolute Gasteiger partial charge is 0.257 e. The molecule has 8 nitrogen and oxygen atoms in total. The van der Waals surface area contributed by atoms with Crippen molar-refractivity contribution in [2.24, 2.45) is 0 Å². The number of carbonyl (C=O) groups is 3. The highest BCUT2D eigenvalue weighted by Gasteiger charge is 2.29. The van der Waals surface area contributed by atoms with Gasteiger partial charge in [-0.1, -0.05) is 18.2 Å². The lowest BCUT2D eigenvalue weighted by atomic mass is 9.89. The molecule has 0 radical (unpaired) electrons. The van der Waals surface area contributed by atoms with Gasteiger partial charge in [-0.25, -0.2) is 4.98 Å². The first kappa shape index (κ1) is 22.1. The van der Waals surface area contributed by atoms with Gasteiger partial charge in [0.1, 0.15) is 0 Å². The number of fused-ring (bicyclic) bond motifs is 5. The molecule has 1 aromatic heterocycles. The third-order valence-electron chi connectivity index (χ3n) is 6.79. The fourth-order valence-electron chi connectivity index (χ4n) is 5.02. The van der Waals surface area contributed by atoms with Crippen LogP contribution in [0.1, 0.15) is 77.3 Å². The summed E-state index contributed by atoms with van der Waals surface area (Å²) in [5.41, 5.74) is 3.46. The molecule has 2 aromatic carbocycles. The molecule has 176 valence electrons. The van der Waals surface area contributed by atoms with E-state index in [1.165, 1.54) is 0 Å². The Morgan fingerprint density at radius 2 is 1.65 bits per heavy atom. The van der Waals surface area contributed by atoms with E-state index in [1.807, 2.05) is 18.2 Å². The lowest BCUT2D eigenvalue weighted by molar-refractivity contribution is -0.123. The number of piperidine rings is 1. The van der Waals surface area contributed by atoms with Gasteiger partial charge in [0.2, 0.25) is 11.9 Å². The standard InChI is InChI=1S/C26H29N5O3/c1-16-7-2-3-13-27-23(32)17-8-4-9-18(15-17)24(33)30-26-29-21-12-5-10-19(22(21)31(16)26)20-11-6-14-28-25(20)34/h4-5,8-10,12,15-16,20H,2-3,6-7,11,13-14H2,1H3,(H,27,32)(H,28,34)(H,29,30,33)/t16-,20?/m0/s1. The van der Waals surface area contributed by atoms with E-state index in [-0.39, 0.29) is 29.7 Å². The Labute approximate surface area is 198 Å². The molecule has 8 heteroatoms. The number of anilines is 1. The third-order valence-corrected chi connectivity index (χ3v) is 6.79. The minimum absolute atomic E-state index is 0.0399. The summed E-state index contributed by atoms with van der Waals surface area (Å²) in [5.74, 6) is -0.238. The van der Waals surface area contributed by atoms with Crippen LogP contribution in [0.3, 0.4) is 0 Å². The number of para-hydroxylation sites is 1. The number of hydrogen-bond acceptors (Lipinski definition) is 4. The van der Waals surface area contributed by atoms with Crippen molar-refractivity contribution < 1.29 is 14.4 Å². The van der Waals surface area contributed by atoms with Crippen LogP contribution in [0.4, 0.5) is 5.95 Å². The normalized spacial score (nSPS) is 21.7. The van der Waals surface area contributed by atoms with Crippen LogP contribution in [0.25, 0.3) is 11.0 Å². The molecule has 1 unspecified atom stereocenters. The van der Waals surface area contributed by atoms with Crippen LogP contribution in [-0.2, 0) is 4.79 Å². The van der Waals surface area contributed by atoms with E-state index in [0.717, 1.165) is 48.7 Å². The molecule has 5 rings (SSSR count). The molecule has 2 aliphatic heterocycles. The molecular weight excluding hydrogens is 430 g/mol. The second kappa shape index (κ2) is 9.29. The Kier molecular flexibility index (Phi) is 6.04. The molecular formula is C26H29N5O3. The van der Waals surface area contributed by atoms with Crippen LogP contribution < -0.4 is 16.0 Å². The van der Waals surface area contributed by atoms with Gasteiger partial charge in [0.15, 0.2) is 0 Å². The Balaban J connectivity index is 1.62. The summed E-state index contributed by atoms with van der Waals surface area (Å²) in [6, 6.07) is 12.6. The Hall–Kier alpha value is -3.68. The molecule has 0 saturated carbocycles. The second-order valence-corrected chi connectivity index (χ2v) is 9.14. The van der Waals surface area contributed by atoms with Crippen LogP contribution >= 0.6 is 0 Å². The summed E-state index contributed by atoms with van der Waals surface area (Å²) in [6.45, 7) is 3.39. The van der Waals surface area contributed by atoms with Crippen molar-refractivity contribution in [1.29, 1.82) is 0 Å². The van der Waals surface area contributed by atoms with Crippen LogP contribution in [0.5, 0.6) is 0 Å².